The Morgan fingerprint density at radius 2 is 2.75 bits per heavy atom. The molecular formula is C2HN3O3. The summed E-state index contributed by atoms with van der Waals surface area (Å²) in [6.45, 7) is 0. The normalized spacial score (nSPS) is 9.00. The third-order valence-electron chi connectivity index (χ3n) is 0.570. The molecule has 6 heteroatoms. The summed E-state index contributed by atoms with van der Waals surface area (Å²) in [7, 11) is 0. The van der Waals surface area contributed by atoms with Crippen molar-refractivity contribution in [2.24, 2.45) is 5.18 Å². The molecule has 0 bridgehead atoms. The maximum Gasteiger partial charge on any atom is 0.381 e. The van der Waals surface area contributed by atoms with Crippen LogP contribution in [0.2, 0.25) is 0 Å². The van der Waals surface area contributed by atoms with Gasteiger partial charge in [0.15, 0.2) is 0 Å². The molecule has 0 amide bonds. The van der Waals surface area contributed by atoms with Gasteiger partial charge in [-0.2, -0.15) is 0 Å². The van der Waals surface area contributed by atoms with Crippen molar-refractivity contribution in [3.8, 4) is 0 Å². The van der Waals surface area contributed by atoms with E-state index in [9.17, 15) is 10.1 Å². The highest BCUT2D eigenvalue weighted by atomic mass is 16.8. The Labute approximate surface area is 43.2 Å². The molecule has 0 radical (unpaired) electrons. The van der Waals surface area contributed by atoms with E-state index in [2.05, 4.69) is 15.0 Å². The van der Waals surface area contributed by atoms with E-state index < -0.39 is 0 Å². The molecule has 0 saturated carbocycles. The number of nitroso groups, excluding NO2 is 1. The van der Waals surface area contributed by atoms with Crippen molar-refractivity contribution in [3.05, 3.63) is 16.3 Å². The minimum atomic E-state index is -0.370. The molecule has 0 unspecified atom stereocenters. The lowest BCUT2D eigenvalue weighted by Gasteiger charge is -1.80. The molecule has 1 heterocycles. The number of nitrogens with zero attached hydrogens (tertiary/aromatic N) is 3. The van der Waals surface area contributed by atoms with E-state index in [1.807, 2.05) is 0 Å². The van der Waals surface area contributed by atoms with Crippen molar-refractivity contribution in [2.45, 2.75) is 0 Å². The standard InChI is InChI=1S/C2HN3O3/c6-4-2-1-3-8-5(2)7/h1H. The monoisotopic (exact) mass is 115 g/mol. The highest BCUT2D eigenvalue weighted by Gasteiger charge is 2.04. The maximum absolute atomic E-state index is 10.0. The van der Waals surface area contributed by atoms with Crippen molar-refractivity contribution in [3.63, 3.8) is 0 Å². The molecule has 1 aromatic heterocycles. The lowest BCUT2D eigenvalue weighted by molar-refractivity contribution is -0.791. The van der Waals surface area contributed by atoms with Gasteiger partial charge in [-0.1, -0.05) is 9.81 Å². The molecule has 0 aromatic carbocycles. The van der Waals surface area contributed by atoms with Crippen molar-refractivity contribution in [1.82, 2.24) is 5.16 Å². The Balaban J connectivity index is 3.09. The highest BCUT2D eigenvalue weighted by molar-refractivity contribution is 5.10. The molecule has 42 valence electrons. The van der Waals surface area contributed by atoms with Crippen molar-refractivity contribution in [2.75, 3.05) is 0 Å². The second-order valence-electron chi connectivity index (χ2n) is 1.02. The zero-order valence-corrected chi connectivity index (χ0v) is 3.64. The maximum atomic E-state index is 10.0. The summed E-state index contributed by atoms with van der Waals surface area (Å²) in [5.41, 5.74) is 0. The van der Waals surface area contributed by atoms with Gasteiger partial charge in [-0.25, -0.2) is 0 Å². The van der Waals surface area contributed by atoms with Crippen LogP contribution in [-0.2, 0) is 0 Å². The minimum absolute atomic E-state index is 0.0764. The number of hydrogen-bond donors (Lipinski definition) is 0. The fourth-order valence-electron chi connectivity index (χ4n) is 0.259. The number of hydrogen-bond acceptors (Lipinski definition) is 5. The van der Waals surface area contributed by atoms with Gasteiger partial charge >= 0.3 is 5.82 Å². The molecule has 6 nitrogen and oxygen atoms in total. The molecule has 0 saturated heterocycles. The van der Waals surface area contributed by atoms with Crippen LogP contribution in [0.5, 0.6) is 0 Å². The van der Waals surface area contributed by atoms with Crippen LogP contribution in [0, 0.1) is 10.1 Å². The molecular weight excluding hydrogens is 114 g/mol. The molecule has 0 N–H and O–H groups in total. The quantitative estimate of drug-likeness (QED) is 0.371. The van der Waals surface area contributed by atoms with Crippen LogP contribution in [0.1, 0.15) is 0 Å². The largest absolute Gasteiger partial charge is 0.390 e. The van der Waals surface area contributed by atoms with Crippen LogP contribution >= 0.6 is 0 Å². The molecule has 0 aliphatic heterocycles. The van der Waals surface area contributed by atoms with Gasteiger partial charge in [0, 0.05) is 0 Å². The van der Waals surface area contributed by atoms with Gasteiger partial charge < -0.3 is 9.84 Å². The van der Waals surface area contributed by atoms with Gasteiger partial charge in [0.2, 0.25) is 6.20 Å². The third kappa shape index (κ3) is 0.512. The molecule has 0 spiro atoms. The van der Waals surface area contributed by atoms with Gasteiger partial charge in [0.1, 0.15) is 5.18 Å². The summed E-state index contributed by atoms with van der Waals surface area (Å²) < 4.78 is 3.87. The Morgan fingerprint density at radius 3 is 3.00 bits per heavy atom. The van der Waals surface area contributed by atoms with E-state index in [1.54, 1.807) is 0 Å². The van der Waals surface area contributed by atoms with Gasteiger partial charge in [-0.15, -0.1) is 0 Å². The van der Waals surface area contributed by atoms with E-state index in [4.69, 9.17) is 0 Å². The van der Waals surface area contributed by atoms with Gasteiger partial charge in [-0.3, -0.25) is 0 Å². The molecule has 1 rings (SSSR count). The van der Waals surface area contributed by atoms with Crippen molar-refractivity contribution < 1.29 is 9.53 Å². The van der Waals surface area contributed by atoms with Crippen LogP contribution in [0.3, 0.4) is 0 Å². The molecule has 0 fully saturated rings. The van der Waals surface area contributed by atoms with Crippen molar-refractivity contribution >= 4 is 5.82 Å². The summed E-state index contributed by atoms with van der Waals surface area (Å²) in [5.74, 6) is -0.370. The summed E-state index contributed by atoms with van der Waals surface area (Å²) >= 11 is 0. The smallest absolute Gasteiger partial charge is 0.381 e. The highest BCUT2D eigenvalue weighted by Crippen LogP contribution is 1.97. The van der Waals surface area contributed by atoms with E-state index >= 15 is 0 Å². The van der Waals surface area contributed by atoms with Gasteiger partial charge in [-0.05, 0) is 5.16 Å². The lowest BCUT2D eigenvalue weighted by atomic mass is 10.8. The average molecular weight is 115 g/mol. The Morgan fingerprint density at radius 1 is 2.00 bits per heavy atom. The fraction of sp³-hybridized carbons (Fsp3) is 0. The van der Waals surface area contributed by atoms with Crippen LogP contribution in [-0.4, -0.2) is 5.16 Å². The molecule has 8 heavy (non-hydrogen) atoms. The van der Waals surface area contributed by atoms with Crippen LogP contribution < -0.4 is 4.90 Å². The molecule has 0 aliphatic carbocycles. The molecule has 0 aliphatic rings. The van der Waals surface area contributed by atoms with Gasteiger partial charge in [0.25, 0.3) is 0 Å². The number of aromatic nitrogens is 2. The predicted molar refractivity (Wildman–Crippen MR) is 20.9 cm³/mol. The van der Waals surface area contributed by atoms with E-state index in [0.717, 1.165) is 6.20 Å². The van der Waals surface area contributed by atoms with E-state index in [1.165, 1.54) is 0 Å². The summed E-state index contributed by atoms with van der Waals surface area (Å²) in [6.07, 6.45) is 0.931. The molecule has 1 aromatic rings. The van der Waals surface area contributed by atoms with Crippen LogP contribution in [0.25, 0.3) is 0 Å². The Hall–Kier alpha value is -1.46. The first-order chi connectivity index (χ1) is 3.84. The summed E-state index contributed by atoms with van der Waals surface area (Å²) in [4.78, 5) is 9.44. The van der Waals surface area contributed by atoms with E-state index in [0.29, 0.717) is 0 Å². The van der Waals surface area contributed by atoms with Crippen LogP contribution in [0.15, 0.2) is 16.0 Å². The topological polar surface area (TPSA) is 82.4 Å². The predicted octanol–water partition coefficient (Wildman–Crippen LogP) is -0.294. The Kier molecular flexibility index (Phi) is 0.918. The average Bonchev–Trinajstić information content (AvgIpc) is 2.14. The number of rotatable bonds is 1. The van der Waals surface area contributed by atoms with E-state index in [-0.39, 0.29) is 10.7 Å². The zero-order valence-electron chi connectivity index (χ0n) is 3.64. The fourth-order valence-corrected chi connectivity index (χ4v) is 0.259. The zero-order chi connectivity index (χ0) is 5.98. The molecule has 0 atom stereocenters. The Bertz CT molecular complexity index is 194. The van der Waals surface area contributed by atoms with Gasteiger partial charge in [0.05, 0.1) is 0 Å². The third-order valence-corrected chi connectivity index (χ3v) is 0.570. The van der Waals surface area contributed by atoms with Crippen LogP contribution in [0.4, 0.5) is 5.82 Å². The first-order valence-corrected chi connectivity index (χ1v) is 1.72. The lowest BCUT2D eigenvalue weighted by Crippen LogP contribution is -2.21. The first-order valence-electron chi connectivity index (χ1n) is 1.72. The van der Waals surface area contributed by atoms with Crippen molar-refractivity contribution in [1.29, 1.82) is 0 Å². The SMILES string of the molecule is O=Nc1cno[n+]1[O-]. The second kappa shape index (κ2) is 1.57. The second-order valence-corrected chi connectivity index (χ2v) is 1.02. The first kappa shape index (κ1) is 4.69. The summed E-state index contributed by atoms with van der Waals surface area (Å²) in [6, 6.07) is 0. The summed E-state index contributed by atoms with van der Waals surface area (Å²) in [5, 5.41) is 15.3. The minimum Gasteiger partial charge on any atom is -0.390 e.